The number of nitrogens with two attached hydrogens (primary N) is 1. The van der Waals surface area contributed by atoms with Gasteiger partial charge in [0.25, 0.3) is 0 Å². The number of rotatable bonds is 5. The van der Waals surface area contributed by atoms with Gasteiger partial charge in [0, 0.05) is 25.8 Å². The molecule has 5 nitrogen and oxygen atoms in total. The summed E-state index contributed by atoms with van der Waals surface area (Å²) in [5.41, 5.74) is 7.37. The molecule has 2 N–H and O–H groups in total. The Morgan fingerprint density at radius 3 is 2.55 bits per heavy atom. The molecule has 0 bridgehead atoms. The molecular weight excluding hydrogens is 300 g/mol. The van der Waals surface area contributed by atoms with Crippen molar-refractivity contribution >= 4 is 18.3 Å². The SMILES string of the molecule is CCC(C)C(N)C(=O)N1CCC(c2cnn(CC)c2)CC1.Cl. The summed E-state index contributed by atoms with van der Waals surface area (Å²) < 4.78 is 1.96. The molecule has 0 aromatic carbocycles. The number of halogens is 1. The molecule has 0 radical (unpaired) electrons. The normalized spacial score (nSPS) is 18.6. The van der Waals surface area contributed by atoms with Crippen LogP contribution in [0.25, 0.3) is 0 Å². The van der Waals surface area contributed by atoms with Crippen LogP contribution < -0.4 is 5.73 Å². The van der Waals surface area contributed by atoms with E-state index in [2.05, 4.69) is 32.1 Å². The lowest BCUT2D eigenvalue weighted by atomic mass is 9.90. The summed E-state index contributed by atoms with van der Waals surface area (Å²) in [5, 5.41) is 4.34. The summed E-state index contributed by atoms with van der Waals surface area (Å²) in [6.45, 7) is 8.75. The fourth-order valence-corrected chi connectivity index (χ4v) is 2.90. The summed E-state index contributed by atoms with van der Waals surface area (Å²) >= 11 is 0. The molecule has 1 aromatic rings. The zero-order chi connectivity index (χ0) is 15.4. The van der Waals surface area contributed by atoms with Gasteiger partial charge in [-0.2, -0.15) is 5.10 Å². The summed E-state index contributed by atoms with van der Waals surface area (Å²) in [7, 11) is 0. The van der Waals surface area contributed by atoms with Crippen LogP contribution in [0.15, 0.2) is 12.4 Å². The molecule has 2 atom stereocenters. The summed E-state index contributed by atoms with van der Waals surface area (Å²) in [5.74, 6) is 0.888. The highest BCUT2D eigenvalue weighted by Crippen LogP contribution is 2.28. The van der Waals surface area contributed by atoms with E-state index in [4.69, 9.17) is 5.73 Å². The topological polar surface area (TPSA) is 64.2 Å². The second-order valence-electron chi connectivity index (χ2n) is 6.14. The Bertz CT molecular complexity index is 468. The Morgan fingerprint density at radius 2 is 2.05 bits per heavy atom. The van der Waals surface area contributed by atoms with Crippen molar-refractivity contribution in [2.24, 2.45) is 11.7 Å². The molecule has 2 unspecified atom stereocenters. The van der Waals surface area contributed by atoms with E-state index in [1.165, 1.54) is 5.56 Å². The van der Waals surface area contributed by atoms with E-state index in [1.807, 2.05) is 15.8 Å². The van der Waals surface area contributed by atoms with E-state index >= 15 is 0 Å². The largest absolute Gasteiger partial charge is 0.341 e. The average Bonchev–Trinajstić information content (AvgIpc) is 3.02. The summed E-state index contributed by atoms with van der Waals surface area (Å²) in [6, 6.07) is -0.352. The van der Waals surface area contributed by atoms with E-state index in [-0.39, 0.29) is 30.3 Å². The van der Waals surface area contributed by atoms with Crippen molar-refractivity contribution in [1.29, 1.82) is 0 Å². The fraction of sp³-hybridized carbons (Fsp3) is 0.750. The monoisotopic (exact) mass is 328 g/mol. The molecule has 1 fully saturated rings. The highest BCUT2D eigenvalue weighted by molar-refractivity contribution is 5.85. The van der Waals surface area contributed by atoms with Gasteiger partial charge in [-0.3, -0.25) is 9.48 Å². The molecule has 1 amide bonds. The smallest absolute Gasteiger partial charge is 0.239 e. The third-order valence-corrected chi connectivity index (χ3v) is 4.80. The summed E-state index contributed by atoms with van der Waals surface area (Å²) in [6.07, 6.45) is 7.06. The second kappa shape index (κ2) is 8.53. The van der Waals surface area contributed by atoms with Crippen LogP contribution in [0, 0.1) is 5.92 Å². The number of piperidine rings is 1. The van der Waals surface area contributed by atoms with Crippen LogP contribution in [0.1, 0.15) is 51.5 Å². The van der Waals surface area contributed by atoms with Gasteiger partial charge in [0.2, 0.25) is 5.91 Å². The van der Waals surface area contributed by atoms with Crippen LogP contribution in [0.4, 0.5) is 0 Å². The Balaban J connectivity index is 0.00000242. The van der Waals surface area contributed by atoms with Gasteiger partial charge in [-0.15, -0.1) is 12.4 Å². The highest BCUT2D eigenvalue weighted by Gasteiger charge is 2.29. The first-order valence-electron chi connectivity index (χ1n) is 8.13. The van der Waals surface area contributed by atoms with E-state index in [1.54, 1.807) is 0 Å². The number of likely N-dealkylation sites (tertiary alicyclic amines) is 1. The number of amides is 1. The maximum absolute atomic E-state index is 12.4. The molecule has 6 heteroatoms. The van der Waals surface area contributed by atoms with Gasteiger partial charge in [0.1, 0.15) is 0 Å². The number of hydrogen-bond acceptors (Lipinski definition) is 3. The molecule has 1 saturated heterocycles. The van der Waals surface area contributed by atoms with Gasteiger partial charge >= 0.3 is 0 Å². The van der Waals surface area contributed by atoms with E-state index in [9.17, 15) is 4.79 Å². The minimum atomic E-state index is -0.352. The number of carbonyl (C=O) groups is 1. The molecule has 1 aromatic heterocycles. The molecular formula is C16H29ClN4O. The lowest BCUT2D eigenvalue weighted by Gasteiger charge is -2.34. The first-order valence-corrected chi connectivity index (χ1v) is 8.13. The van der Waals surface area contributed by atoms with E-state index < -0.39 is 0 Å². The third-order valence-electron chi connectivity index (χ3n) is 4.80. The Morgan fingerprint density at radius 1 is 1.41 bits per heavy atom. The Labute approximate surface area is 139 Å². The van der Waals surface area contributed by atoms with Crippen molar-refractivity contribution in [1.82, 2.24) is 14.7 Å². The lowest BCUT2D eigenvalue weighted by Crippen LogP contribution is -2.49. The molecule has 1 aliphatic rings. The highest BCUT2D eigenvalue weighted by atomic mass is 35.5. The predicted molar refractivity (Wildman–Crippen MR) is 91.1 cm³/mol. The van der Waals surface area contributed by atoms with Gasteiger partial charge in [-0.05, 0) is 37.2 Å². The van der Waals surface area contributed by atoms with Gasteiger partial charge in [-0.25, -0.2) is 0 Å². The van der Waals surface area contributed by atoms with Crippen molar-refractivity contribution in [2.75, 3.05) is 13.1 Å². The molecule has 126 valence electrons. The maximum atomic E-state index is 12.4. The van der Waals surface area contributed by atoms with Crippen LogP contribution in [-0.2, 0) is 11.3 Å². The third kappa shape index (κ3) is 4.23. The first kappa shape index (κ1) is 19.0. The standard InChI is InChI=1S/C16H28N4O.ClH/c1-4-12(3)15(17)16(21)19-8-6-13(7-9-19)14-10-18-20(5-2)11-14;/h10-13,15H,4-9,17H2,1-3H3;1H. The Hall–Kier alpha value is -1.07. The van der Waals surface area contributed by atoms with Gasteiger partial charge in [-0.1, -0.05) is 20.3 Å². The first-order chi connectivity index (χ1) is 10.1. The van der Waals surface area contributed by atoms with Crippen molar-refractivity contribution < 1.29 is 4.79 Å². The van der Waals surface area contributed by atoms with E-state index in [0.29, 0.717) is 5.92 Å². The lowest BCUT2D eigenvalue weighted by molar-refractivity contribution is -0.134. The van der Waals surface area contributed by atoms with Gasteiger partial charge in [0.15, 0.2) is 0 Å². The second-order valence-corrected chi connectivity index (χ2v) is 6.14. The minimum absolute atomic E-state index is 0. The van der Waals surface area contributed by atoms with E-state index in [0.717, 1.165) is 38.9 Å². The number of aryl methyl sites for hydroxylation is 1. The van der Waals surface area contributed by atoms with Gasteiger partial charge < -0.3 is 10.6 Å². The minimum Gasteiger partial charge on any atom is -0.341 e. The van der Waals surface area contributed by atoms with Crippen molar-refractivity contribution in [3.8, 4) is 0 Å². The molecule has 0 saturated carbocycles. The quantitative estimate of drug-likeness (QED) is 0.902. The van der Waals surface area contributed by atoms with Gasteiger partial charge in [0.05, 0.1) is 12.2 Å². The zero-order valence-corrected chi connectivity index (χ0v) is 14.7. The number of aromatic nitrogens is 2. The zero-order valence-electron chi connectivity index (χ0n) is 13.9. The fourth-order valence-electron chi connectivity index (χ4n) is 2.90. The van der Waals surface area contributed by atoms with Crippen molar-refractivity contribution in [2.45, 2.75) is 58.5 Å². The van der Waals surface area contributed by atoms with Crippen LogP contribution in [0.5, 0.6) is 0 Å². The maximum Gasteiger partial charge on any atom is 0.239 e. The van der Waals surface area contributed by atoms with Crippen LogP contribution >= 0.6 is 12.4 Å². The average molecular weight is 329 g/mol. The Kier molecular flexibility index (Phi) is 7.36. The molecule has 0 spiro atoms. The van der Waals surface area contributed by atoms with Crippen LogP contribution in [0.2, 0.25) is 0 Å². The number of nitrogens with zero attached hydrogens (tertiary/aromatic N) is 3. The molecule has 22 heavy (non-hydrogen) atoms. The van der Waals surface area contributed by atoms with Crippen LogP contribution in [0.3, 0.4) is 0 Å². The number of carbonyl (C=O) groups excluding carboxylic acids is 1. The number of hydrogen-bond donors (Lipinski definition) is 1. The predicted octanol–water partition coefficient (Wildman–Crippen LogP) is 2.40. The van der Waals surface area contributed by atoms with Crippen LogP contribution in [-0.4, -0.2) is 39.7 Å². The molecule has 2 rings (SSSR count). The molecule has 1 aliphatic heterocycles. The molecule has 0 aliphatic carbocycles. The van der Waals surface area contributed by atoms with Crippen molar-refractivity contribution in [3.05, 3.63) is 18.0 Å². The summed E-state index contributed by atoms with van der Waals surface area (Å²) in [4.78, 5) is 14.3. The molecule has 2 heterocycles. The van der Waals surface area contributed by atoms with Crippen molar-refractivity contribution in [3.63, 3.8) is 0 Å².